The van der Waals surface area contributed by atoms with Gasteiger partial charge in [0, 0.05) is 43.5 Å². The van der Waals surface area contributed by atoms with Crippen molar-refractivity contribution in [2.24, 2.45) is 0 Å². The van der Waals surface area contributed by atoms with E-state index in [0.29, 0.717) is 30.0 Å². The van der Waals surface area contributed by atoms with E-state index in [1.54, 1.807) is 12.3 Å². The molecule has 2 fully saturated rings. The fourth-order valence-electron chi connectivity index (χ4n) is 4.57. The highest BCUT2D eigenvalue weighted by Gasteiger charge is 2.32. The Bertz CT molecular complexity index is 912. The van der Waals surface area contributed by atoms with E-state index < -0.39 is 11.7 Å². The number of piperidine rings is 2. The van der Waals surface area contributed by atoms with Crippen LogP contribution in [0.3, 0.4) is 0 Å². The van der Waals surface area contributed by atoms with Gasteiger partial charge in [-0.2, -0.15) is 13.2 Å². The predicted octanol–water partition coefficient (Wildman–Crippen LogP) is 4.35. The molecule has 2 aliphatic heterocycles. The van der Waals surface area contributed by atoms with Crippen LogP contribution >= 0.6 is 0 Å². The van der Waals surface area contributed by atoms with Gasteiger partial charge < -0.3 is 4.90 Å². The van der Waals surface area contributed by atoms with Crippen molar-refractivity contribution in [3.8, 4) is 11.3 Å². The van der Waals surface area contributed by atoms with Crippen molar-refractivity contribution < 1.29 is 18.0 Å². The fourth-order valence-corrected chi connectivity index (χ4v) is 4.57. The number of hydrogen-bond donors (Lipinski definition) is 0. The number of halogens is 3. The Labute approximate surface area is 180 Å². The third kappa shape index (κ3) is 5.23. The maximum Gasteiger partial charge on any atom is 0.416 e. The van der Waals surface area contributed by atoms with Crippen LogP contribution < -0.4 is 0 Å². The van der Waals surface area contributed by atoms with Crippen LogP contribution in [0.4, 0.5) is 13.2 Å². The number of carbonyl (C=O) groups excluding carboxylic acids is 1. The lowest BCUT2D eigenvalue weighted by Gasteiger charge is -2.35. The van der Waals surface area contributed by atoms with Crippen LogP contribution in [0.25, 0.3) is 11.3 Å². The van der Waals surface area contributed by atoms with Crippen LogP contribution in [0, 0.1) is 0 Å². The van der Waals surface area contributed by atoms with E-state index in [-0.39, 0.29) is 11.8 Å². The minimum Gasteiger partial charge on any atom is -0.342 e. The summed E-state index contributed by atoms with van der Waals surface area (Å²) in [5.41, 5.74) is 0.915. The van der Waals surface area contributed by atoms with Crippen molar-refractivity contribution in [1.82, 2.24) is 19.8 Å². The van der Waals surface area contributed by atoms with Crippen molar-refractivity contribution in [3.63, 3.8) is 0 Å². The van der Waals surface area contributed by atoms with Crippen LogP contribution in [-0.2, 0) is 11.0 Å². The number of hydrogen-bond acceptors (Lipinski definition) is 4. The number of amides is 1. The molecule has 0 aliphatic carbocycles. The summed E-state index contributed by atoms with van der Waals surface area (Å²) in [6.45, 7) is 3.55. The summed E-state index contributed by atoms with van der Waals surface area (Å²) >= 11 is 0. The van der Waals surface area contributed by atoms with E-state index in [9.17, 15) is 18.0 Å². The molecule has 1 aromatic heterocycles. The van der Waals surface area contributed by atoms with E-state index in [4.69, 9.17) is 0 Å². The summed E-state index contributed by atoms with van der Waals surface area (Å²) in [6.07, 6.45) is 3.79. The minimum absolute atomic E-state index is 0.0288. The van der Waals surface area contributed by atoms with Crippen LogP contribution in [0.1, 0.15) is 49.3 Å². The van der Waals surface area contributed by atoms with E-state index in [2.05, 4.69) is 14.9 Å². The minimum atomic E-state index is -4.41. The third-order valence-electron chi connectivity index (χ3n) is 6.15. The molecule has 2 saturated heterocycles. The Morgan fingerprint density at radius 2 is 1.81 bits per heavy atom. The molecule has 3 heterocycles. The first-order chi connectivity index (χ1) is 14.9. The van der Waals surface area contributed by atoms with Gasteiger partial charge in [-0.3, -0.25) is 19.7 Å². The molecular weight excluding hydrogens is 405 g/mol. The smallest absolute Gasteiger partial charge is 0.342 e. The maximum absolute atomic E-state index is 13.2. The van der Waals surface area contributed by atoms with Gasteiger partial charge in [-0.15, -0.1) is 0 Å². The molecule has 1 aromatic carbocycles. The quantitative estimate of drug-likeness (QED) is 0.721. The lowest BCUT2D eigenvalue weighted by Crippen LogP contribution is -2.45. The largest absolute Gasteiger partial charge is 0.416 e. The molecule has 0 radical (unpaired) electrons. The Morgan fingerprint density at radius 3 is 2.58 bits per heavy atom. The van der Waals surface area contributed by atoms with Gasteiger partial charge in [0.25, 0.3) is 0 Å². The van der Waals surface area contributed by atoms with Gasteiger partial charge in [-0.05, 0) is 50.8 Å². The summed E-state index contributed by atoms with van der Waals surface area (Å²) in [5, 5.41) is 0. The Morgan fingerprint density at radius 1 is 1.03 bits per heavy atom. The fraction of sp³-hybridized carbons (Fsp3) is 0.522. The molecule has 2 aliphatic rings. The summed E-state index contributed by atoms with van der Waals surface area (Å²) in [5.74, 6) is 0.193. The molecule has 166 valence electrons. The molecule has 0 unspecified atom stereocenters. The molecule has 0 N–H and O–H groups in total. The molecule has 4 rings (SSSR count). The SMILES string of the molecule is O=C(CN1CCC[C@H](c2nccnc2-c2cccc(C(F)(F)F)c2)C1)N1CCCCC1. The lowest BCUT2D eigenvalue weighted by atomic mass is 9.91. The summed E-state index contributed by atoms with van der Waals surface area (Å²) in [6, 6.07) is 5.24. The number of nitrogens with zero attached hydrogens (tertiary/aromatic N) is 4. The summed E-state index contributed by atoms with van der Waals surface area (Å²) in [4.78, 5) is 25.7. The zero-order chi connectivity index (χ0) is 21.8. The summed E-state index contributed by atoms with van der Waals surface area (Å²) in [7, 11) is 0. The van der Waals surface area contributed by atoms with Crippen molar-refractivity contribution in [2.45, 2.75) is 44.2 Å². The number of carbonyl (C=O) groups is 1. The number of benzene rings is 1. The van der Waals surface area contributed by atoms with E-state index in [1.165, 1.54) is 18.7 Å². The molecule has 0 spiro atoms. The van der Waals surface area contributed by atoms with Crippen molar-refractivity contribution in [3.05, 3.63) is 47.9 Å². The van der Waals surface area contributed by atoms with Gasteiger partial charge >= 0.3 is 6.18 Å². The average Bonchev–Trinajstić information content (AvgIpc) is 2.79. The maximum atomic E-state index is 13.2. The Balaban J connectivity index is 1.52. The normalized spacial score (nSPS) is 20.6. The molecule has 31 heavy (non-hydrogen) atoms. The van der Waals surface area contributed by atoms with Gasteiger partial charge in [0.2, 0.25) is 5.91 Å². The second kappa shape index (κ2) is 9.34. The van der Waals surface area contributed by atoms with E-state index in [0.717, 1.165) is 57.5 Å². The van der Waals surface area contributed by atoms with Crippen LogP contribution in [0.15, 0.2) is 36.7 Å². The first-order valence-electron chi connectivity index (χ1n) is 10.9. The highest BCUT2D eigenvalue weighted by Crippen LogP contribution is 2.35. The first kappa shape index (κ1) is 21.7. The highest BCUT2D eigenvalue weighted by molar-refractivity contribution is 5.78. The Kier molecular flexibility index (Phi) is 6.55. The van der Waals surface area contributed by atoms with Gasteiger partial charge in [0.15, 0.2) is 0 Å². The molecule has 0 bridgehead atoms. The first-order valence-corrected chi connectivity index (χ1v) is 10.9. The second-order valence-corrected chi connectivity index (χ2v) is 8.38. The van der Waals surface area contributed by atoms with Gasteiger partial charge in [-0.1, -0.05) is 12.1 Å². The molecule has 1 atom stereocenters. The van der Waals surface area contributed by atoms with Crippen LogP contribution in [0.5, 0.6) is 0 Å². The number of rotatable bonds is 4. The number of likely N-dealkylation sites (tertiary alicyclic amines) is 2. The molecule has 5 nitrogen and oxygen atoms in total. The molecule has 1 amide bonds. The lowest BCUT2D eigenvalue weighted by molar-refractivity contribution is -0.137. The summed E-state index contributed by atoms with van der Waals surface area (Å²) < 4.78 is 39.6. The van der Waals surface area contributed by atoms with Crippen molar-refractivity contribution in [2.75, 3.05) is 32.7 Å². The molecular formula is C23H27F3N4O. The Hall–Kier alpha value is -2.48. The molecule has 8 heteroatoms. The number of alkyl halides is 3. The molecule has 2 aromatic rings. The monoisotopic (exact) mass is 432 g/mol. The second-order valence-electron chi connectivity index (χ2n) is 8.38. The number of aromatic nitrogens is 2. The zero-order valence-electron chi connectivity index (χ0n) is 17.4. The highest BCUT2D eigenvalue weighted by atomic mass is 19.4. The third-order valence-corrected chi connectivity index (χ3v) is 6.15. The average molecular weight is 432 g/mol. The molecule has 0 saturated carbocycles. The van der Waals surface area contributed by atoms with Crippen molar-refractivity contribution in [1.29, 1.82) is 0 Å². The van der Waals surface area contributed by atoms with Gasteiger partial charge in [0.1, 0.15) is 0 Å². The predicted molar refractivity (Wildman–Crippen MR) is 111 cm³/mol. The van der Waals surface area contributed by atoms with E-state index in [1.807, 2.05) is 4.90 Å². The van der Waals surface area contributed by atoms with E-state index >= 15 is 0 Å². The standard InChI is InChI=1S/C23H27F3N4O/c24-23(25,26)19-8-4-6-17(14-19)21-22(28-10-9-27-21)18-7-5-11-29(15-18)16-20(31)30-12-2-1-3-13-30/h4,6,8-10,14,18H,1-3,5,7,11-13,15-16H2/t18-/m0/s1. The zero-order valence-corrected chi connectivity index (χ0v) is 17.4. The van der Waals surface area contributed by atoms with Crippen LogP contribution in [0.2, 0.25) is 0 Å². The van der Waals surface area contributed by atoms with Gasteiger partial charge in [-0.25, -0.2) is 0 Å². The topological polar surface area (TPSA) is 49.3 Å². The van der Waals surface area contributed by atoms with Gasteiger partial charge in [0.05, 0.1) is 23.5 Å². The van der Waals surface area contributed by atoms with Crippen LogP contribution in [-0.4, -0.2) is 58.4 Å². The van der Waals surface area contributed by atoms with Crippen molar-refractivity contribution >= 4 is 5.91 Å².